The SMILES string of the molecule is CCc1nnc(NC(C)C(=O)NC2CC2)nc1CC. The third-order valence-electron chi connectivity index (χ3n) is 3.17. The Morgan fingerprint density at radius 1 is 1.26 bits per heavy atom. The molecule has 19 heavy (non-hydrogen) atoms. The average Bonchev–Trinajstić information content (AvgIpc) is 3.22. The number of amides is 1. The monoisotopic (exact) mass is 263 g/mol. The van der Waals surface area contributed by atoms with E-state index in [4.69, 9.17) is 0 Å². The van der Waals surface area contributed by atoms with Gasteiger partial charge in [-0.25, -0.2) is 4.98 Å². The van der Waals surface area contributed by atoms with E-state index in [0.29, 0.717) is 12.0 Å². The molecule has 2 rings (SSSR count). The maximum absolute atomic E-state index is 11.8. The average molecular weight is 263 g/mol. The summed E-state index contributed by atoms with van der Waals surface area (Å²) in [6.07, 6.45) is 3.81. The van der Waals surface area contributed by atoms with Crippen LogP contribution in [0, 0.1) is 0 Å². The molecule has 1 fully saturated rings. The molecule has 1 saturated carbocycles. The molecule has 0 saturated heterocycles. The van der Waals surface area contributed by atoms with Crippen molar-refractivity contribution in [3.05, 3.63) is 11.4 Å². The molecule has 1 atom stereocenters. The minimum absolute atomic E-state index is 0.0104. The van der Waals surface area contributed by atoms with Gasteiger partial charge in [-0.2, -0.15) is 5.10 Å². The number of rotatable bonds is 6. The number of nitrogens with one attached hydrogen (secondary N) is 2. The molecule has 1 amide bonds. The van der Waals surface area contributed by atoms with Gasteiger partial charge in [-0.05, 0) is 32.6 Å². The largest absolute Gasteiger partial charge is 0.352 e. The van der Waals surface area contributed by atoms with E-state index in [-0.39, 0.29) is 11.9 Å². The number of aryl methyl sites for hydroxylation is 2. The van der Waals surface area contributed by atoms with Crippen LogP contribution in [0.1, 0.15) is 45.0 Å². The first-order valence-corrected chi connectivity index (χ1v) is 6.93. The van der Waals surface area contributed by atoms with Crippen LogP contribution in [0.15, 0.2) is 0 Å². The third-order valence-corrected chi connectivity index (χ3v) is 3.17. The highest BCUT2D eigenvalue weighted by Gasteiger charge is 2.25. The standard InChI is InChI=1S/C13H21N5O/c1-4-10-11(5-2)17-18-13(16-10)14-8(3)12(19)15-9-6-7-9/h8-9H,4-7H2,1-3H3,(H,15,19)(H,14,16,18). The molecule has 0 bridgehead atoms. The van der Waals surface area contributed by atoms with Crippen LogP contribution in [0.4, 0.5) is 5.95 Å². The molecule has 2 N–H and O–H groups in total. The zero-order valence-electron chi connectivity index (χ0n) is 11.7. The molecule has 1 unspecified atom stereocenters. The first-order chi connectivity index (χ1) is 9.13. The molecule has 0 radical (unpaired) electrons. The lowest BCUT2D eigenvalue weighted by Crippen LogP contribution is -2.39. The highest BCUT2D eigenvalue weighted by molar-refractivity contribution is 5.84. The Kier molecular flexibility index (Phi) is 4.29. The summed E-state index contributed by atoms with van der Waals surface area (Å²) in [5.74, 6) is 0.413. The Balaban J connectivity index is 1.99. The van der Waals surface area contributed by atoms with Crippen molar-refractivity contribution in [3.63, 3.8) is 0 Å². The fourth-order valence-corrected chi connectivity index (χ4v) is 1.81. The van der Waals surface area contributed by atoms with Crippen LogP contribution >= 0.6 is 0 Å². The van der Waals surface area contributed by atoms with Crippen LogP contribution in [0.2, 0.25) is 0 Å². The minimum atomic E-state index is -0.348. The van der Waals surface area contributed by atoms with E-state index in [1.165, 1.54) is 0 Å². The van der Waals surface area contributed by atoms with Gasteiger partial charge >= 0.3 is 0 Å². The fraction of sp³-hybridized carbons (Fsp3) is 0.692. The van der Waals surface area contributed by atoms with Crippen molar-refractivity contribution in [2.75, 3.05) is 5.32 Å². The number of hydrogen-bond acceptors (Lipinski definition) is 5. The molecule has 1 aromatic heterocycles. The number of carbonyl (C=O) groups excluding carboxylic acids is 1. The molecule has 0 aliphatic heterocycles. The smallest absolute Gasteiger partial charge is 0.243 e. The molecule has 1 aliphatic carbocycles. The molecule has 1 aliphatic rings. The summed E-state index contributed by atoms with van der Waals surface area (Å²) in [4.78, 5) is 16.2. The highest BCUT2D eigenvalue weighted by Crippen LogP contribution is 2.18. The summed E-state index contributed by atoms with van der Waals surface area (Å²) in [6, 6.07) is 0.0176. The zero-order chi connectivity index (χ0) is 13.8. The Labute approximate surface area is 113 Å². The number of nitrogens with zero attached hydrogens (tertiary/aromatic N) is 3. The Hall–Kier alpha value is -1.72. The van der Waals surface area contributed by atoms with Crippen molar-refractivity contribution in [1.29, 1.82) is 0 Å². The van der Waals surface area contributed by atoms with Crippen molar-refractivity contribution in [2.24, 2.45) is 0 Å². The van der Waals surface area contributed by atoms with Crippen molar-refractivity contribution < 1.29 is 4.79 Å². The summed E-state index contributed by atoms with van der Waals surface area (Å²) in [7, 11) is 0. The predicted octanol–water partition coefficient (Wildman–Crippen LogP) is 1.08. The fourth-order valence-electron chi connectivity index (χ4n) is 1.81. The molecule has 0 spiro atoms. The summed E-state index contributed by atoms with van der Waals surface area (Å²) in [6.45, 7) is 5.88. The second kappa shape index (κ2) is 5.95. The van der Waals surface area contributed by atoms with E-state index >= 15 is 0 Å². The number of aromatic nitrogens is 3. The third kappa shape index (κ3) is 3.62. The first kappa shape index (κ1) is 13.7. The van der Waals surface area contributed by atoms with Crippen LogP contribution < -0.4 is 10.6 Å². The van der Waals surface area contributed by atoms with Crippen LogP contribution in [-0.2, 0) is 17.6 Å². The van der Waals surface area contributed by atoms with Crippen molar-refractivity contribution in [3.8, 4) is 0 Å². The van der Waals surface area contributed by atoms with E-state index in [2.05, 4.69) is 25.8 Å². The molecule has 6 heteroatoms. The van der Waals surface area contributed by atoms with Crippen LogP contribution in [-0.4, -0.2) is 33.2 Å². The van der Waals surface area contributed by atoms with Gasteiger partial charge in [0.2, 0.25) is 11.9 Å². The molecule has 1 heterocycles. The van der Waals surface area contributed by atoms with E-state index < -0.39 is 0 Å². The lowest BCUT2D eigenvalue weighted by atomic mass is 10.2. The van der Waals surface area contributed by atoms with Gasteiger partial charge in [0, 0.05) is 6.04 Å². The van der Waals surface area contributed by atoms with Crippen LogP contribution in [0.5, 0.6) is 0 Å². The van der Waals surface area contributed by atoms with Gasteiger partial charge in [-0.1, -0.05) is 13.8 Å². The first-order valence-electron chi connectivity index (χ1n) is 6.93. The molecule has 1 aromatic rings. The minimum Gasteiger partial charge on any atom is -0.352 e. The van der Waals surface area contributed by atoms with Gasteiger partial charge in [0.1, 0.15) is 6.04 Å². The Bertz CT molecular complexity index is 458. The van der Waals surface area contributed by atoms with Crippen molar-refractivity contribution in [2.45, 2.75) is 58.5 Å². The van der Waals surface area contributed by atoms with Gasteiger partial charge in [0.15, 0.2) is 0 Å². The van der Waals surface area contributed by atoms with Crippen molar-refractivity contribution in [1.82, 2.24) is 20.5 Å². The Morgan fingerprint density at radius 2 is 1.95 bits per heavy atom. The predicted molar refractivity (Wildman–Crippen MR) is 72.8 cm³/mol. The number of hydrogen-bond donors (Lipinski definition) is 2. The Morgan fingerprint density at radius 3 is 2.53 bits per heavy atom. The quantitative estimate of drug-likeness (QED) is 0.802. The lowest BCUT2D eigenvalue weighted by molar-refractivity contribution is -0.121. The summed E-state index contributed by atoms with van der Waals surface area (Å²) in [5.41, 5.74) is 1.86. The molecule has 104 valence electrons. The van der Waals surface area contributed by atoms with Gasteiger partial charge in [-0.15, -0.1) is 5.10 Å². The summed E-state index contributed by atoms with van der Waals surface area (Å²) in [5, 5.41) is 14.1. The molecular formula is C13H21N5O. The zero-order valence-corrected chi connectivity index (χ0v) is 11.7. The van der Waals surface area contributed by atoms with Gasteiger partial charge < -0.3 is 10.6 Å². The maximum Gasteiger partial charge on any atom is 0.243 e. The number of anilines is 1. The normalized spacial score (nSPS) is 15.9. The van der Waals surface area contributed by atoms with Gasteiger partial charge in [0.25, 0.3) is 0 Å². The lowest BCUT2D eigenvalue weighted by Gasteiger charge is -2.14. The second-order valence-corrected chi connectivity index (χ2v) is 4.88. The van der Waals surface area contributed by atoms with E-state index in [0.717, 1.165) is 37.1 Å². The van der Waals surface area contributed by atoms with Crippen LogP contribution in [0.25, 0.3) is 0 Å². The molecule has 6 nitrogen and oxygen atoms in total. The molecule has 0 aromatic carbocycles. The maximum atomic E-state index is 11.8. The van der Waals surface area contributed by atoms with E-state index in [1.54, 1.807) is 6.92 Å². The summed E-state index contributed by atoms with van der Waals surface area (Å²) >= 11 is 0. The van der Waals surface area contributed by atoms with Crippen molar-refractivity contribution >= 4 is 11.9 Å². The van der Waals surface area contributed by atoms with Gasteiger partial charge in [-0.3, -0.25) is 4.79 Å². The van der Waals surface area contributed by atoms with Gasteiger partial charge in [0.05, 0.1) is 11.4 Å². The van der Waals surface area contributed by atoms with E-state index in [9.17, 15) is 4.79 Å². The second-order valence-electron chi connectivity index (χ2n) is 4.88. The number of carbonyl (C=O) groups is 1. The highest BCUT2D eigenvalue weighted by atomic mass is 16.2. The topological polar surface area (TPSA) is 79.8 Å². The summed E-state index contributed by atoms with van der Waals surface area (Å²) < 4.78 is 0. The van der Waals surface area contributed by atoms with E-state index in [1.807, 2.05) is 13.8 Å². The molecular weight excluding hydrogens is 242 g/mol. The van der Waals surface area contributed by atoms with Crippen LogP contribution in [0.3, 0.4) is 0 Å².